The summed E-state index contributed by atoms with van der Waals surface area (Å²) in [5.41, 5.74) is -0.481. The van der Waals surface area contributed by atoms with Gasteiger partial charge in [0.2, 0.25) is 0 Å². The molecular weight excluding hydrogens is 234 g/mol. The van der Waals surface area contributed by atoms with E-state index in [9.17, 15) is 9.59 Å². The molecule has 1 unspecified atom stereocenters. The highest BCUT2D eigenvalue weighted by Crippen LogP contribution is 2.27. The van der Waals surface area contributed by atoms with Gasteiger partial charge in [0.25, 0.3) is 5.91 Å². The van der Waals surface area contributed by atoms with E-state index in [-0.39, 0.29) is 11.5 Å². The Morgan fingerprint density at radius 3 is 2.72 bits per heavy atom. The molecule has 1 amide bonds. The Morgan fingerprint density at radius 1 is 1.39 bits per heavy atom. The van der Waals surface area contributed by atoms with Crippen LogP contribution in [0.4, 0.5) is 5.69 Å². The maximum absolute atomic E-state index is 12.1. The summed E-state index contributed by atoms with van der Waals surface area (Å²) >= 11 is 0. The largest absolute Gasteiger partial charge is 0.478 e. The second-order valence-electron chi connectivity index (χ2n) is 4.49. The van der Waals surface area contributed by atoms with Gasteiger partial charge in [0.15, 0.2) is 0 Å². The molecule has 0 bridgehead atoms. The van der Waals surface area contributed by atoms with Gasteiger partial charge < -0.3 is 15.2 Å². The summed E-state index contributed by atoms with van der Waals surface area (Å²) in [6.45, 7) is 2.28. The number of aromatic carboxylic acids is 1. The third-order valence-corrected chi connectivity index (χ3v) is 3.10. The molecule has 2 rings (SSSR count). The van der Waals surface area contributed by atoms with E-state index in [1.54, 1.807) is 25.1 Å². The number of anilines is 1. The van der Waals surface area contributed by atoms with E-state index in [2.05, 4.69) is 5.32 Å². The average Bonchev–Trinajstić information content (AvgIpc) is 2.78. The SMILES string of the molecule is CC1(C(=O)Nc2ccccc2C(=O)O)CCCO1. The lowest BCUT2D eigenvalue weighted by Gasteiger charge is -2.22. The maximum Gasteiger partial charge on any atom is 0.337 e. The van der Waals surface area contributed by atoms with Crippen molar-refractivity contribution in [1.82, 2.24) is 0 Å². The lowest BCUT2D eigenvalue weighted by atomic mass is 10.0. The molecule has 18 heavy (non-hydrogen) atoms. The minimum atomic E-state index is -1.07. The van der Waals surface area contributed by atoms with Gasteiger partial charge in [0.05, 0.1) is 11.3 Å². The highest BCUT2D eigenvalue weighted by molar-refractivity contribution is 6.03. The number of hydrogen-bond donors (Lipinski definition) is 2. The van der Waals surface area contributed by atoms with Crippen molar-refractivity contribution >= 4 is 17.6 Å². The highest BCUT2D eigenvalue weighted by atomic mass is 16.5. The van der Waals surface area contributed by atoms with Crippen LogP contribution in [0.15, 0.2) is 24.3 Å². The van der Waals surface area contributed by atoms with Gasteiger partial charge in [-0.3, -0.25) is 4.79 Å². The molecule has 5 nitrogen and oxygen atoms in total. The molecule has 96 valence electrons. The fourth-order valence-corrected chi connectivity index (χ4v) is 1.99. The number of amides is 1. The first kappa shape index (κ1) is 12.6. The number of carbonyl (C=O) groups is 2. The van der Waals surface area contributed by atoms with Gasteiger partial charge in [-0.25, -0.2) is 4.79 Å². The minimum absolute atomic E-state index is 0.0763. The molecule has 1 fully saturated rings. The lowest BCUT2D eigenvalue weighted by Crippen LogP contribution is -2.39. The molecule has 1 aromatic carbocycles. The predicted molar refractivity (Wildman–Crippen MR) is 65.6 cm³/mol. The standard InChI is InChI=1S/C13H15NO4/c1-13(7-4-8-18-13)12(17)14-10-6-3-2-5-9(10)11(15)16/h2-3,5-6H,4,7-8H2,1H3,(H,14,17)(H,15,16). The highest BCUT2D eigenvalue weighted by Gasteiger charge is 2.38. The molecule has 0 radical (unpaired) electrons. The summed E-state index contributed by atoms with van der Waals surface area (Å²) in [5, 5.41) is 11.7. The molecule has 1 aliphatic rings. The van der Waals surface area contributed by atoms with Gasteiger partial charge in [-0.2, -0.15) is 0 Å². The number of para-hydroxylation sites is 1. The Bertz CT molecular complexity index is 478. The smallest absolute Gasteiger partial charge is 0.337 e. The first-order valence-corrected chi connectivity index (χ1v) is 5.81. The third kappa shape index (κ3) is 2.36. The van der Waals surface area contributed by atoms with Crippen LogP contribution in [0.1, 0.15) is 30.1 Å². The number of hydrogen-bond acceptors (Lipinski definition) is 3. The van der Waals surface area contributed by atoms with Crippen LogP contribution in [0.5, 0.6) is 0 Å². The predicted octanol–water partition coefficient (Wildman–Crippen LogP) is 1.89. The Hall–Kier alpha value is -1.88. The molecule has 2 N–H and O–H groups in total. The average molecular weight is 249 g/mol. The molecule has 0 spiro atoms. The van der Waals surface area contributed by atoms with E-state index in [0.717, 1.165) is 6.42 Å². The molecule has 1 heterocycles. The number of nitrogens with one attached hydrogen (secondary N) is 1. The van der Waals surface area contributed by atoms with Crippen molar-refractivity contribution in [2.75, 3.05) is 11.9 Å². The number of carbonyl (C=O) groups excluding carboxylic acids is 1. The zero-order valence-electron chi connectivity index (χ0n) is 10.1. The van der Waals surface area contributed by atoms with Crippen LogP contribution in [0, 0.1) is 0 Å². The van der Waals surface area contributed by atoms with Crippen molar-refractivity contribution in [2.24, 2.45) is 0 Å². The number of benzene rings is 1. The molecule has 1 aliphatic heterocycles. The van der Waals surface area contributed by atoms with Crippen LogP contribution in [0.2, 0.25) is 0 Å². The number of carboxylic acid groups (broad SMARTS) is 1. The van der Waals surface area contributed by atoms with Gasteiger partial charge in [-0.15, -0.1) is 0 Å². The van der Waals surface area contributed by atoms with E-state index in [1.165, 1.54) is 6.07 Å². The second kappa shape index (κ2) is 4.78. The summed E-state index contributed by atoms with van der Waals surface area (Å²) in [7, 11) is 0. The minimum Gasteiger partial charge on any atom is -0.478 e. The molecule has 1 aromatic rings. The fraction of sp³-hybridized carbons (Fsp3) is 0.385. The summed E-state index contributed by atoms with van der Waals surface area (Å²) in [6, 6.07) is 6.32. The Labute approximate surface area is 105 Å². The Balaban J connectivity index is 2.19. The van der Waals surface area contributed by atoms with Crippen molar-refractivity contribution in [2.45, 2.75) is 25.4 Å². The molecule has 0 aromatic heterocycles. The molecular formula is C13H15NO4. The number of ether oxygens (including phenoxy) is 1. The van der Waals surface area contributed by atoms with Crippen molar-refractivity contribution in [3.8, 4) is 0 Å². The van der Waals surface area contributed by atoms with E-state index in [4.69, 9.17) is 9.84 Å². The van der Waals surface area contributed by atoms with Gasteiger partial charge in [-0.1, -0.05) is 12.1 Å². The van der Waals surface area contributed by atoms with Crippen LogP contribution in [0.3, 0.4) is 0 Å². The van der Waals surface area contributed by atoms with Gasteiger partial charge in [-0.05, 0) is 31.9 Å². The second-order valence-corrected chi connectivity index (χ2v) is 4.49. The van der Waals surface area contributed by atoms with Crippen molar-refractivity contribution in [1.29, 1.82) is 0 Å². The first-order valence-electron chi connectivity index (χ1n) is 5.81. The monoisotopic (exact) mass is 249 g/mol. The topological polar surface area (TPSA) is 75.6 Å². The summed E-state index contributed by atoms with van der Waals surface area (Å²) in [6.07, 6.45) is 1.48. The van der Waals surface area contributed by atoms with Crippen molar-refractivity contribution in [3.63, 3.8) is 0 Å². The first-order chi connectivity index (χ1) is 8.53. The fourth-order valence-electron chi connectivity index (χ4n) is 1.99. The van der Waals surface area contributed by atoms with Crippen molar-refractivity contribution < 1.29 is 19.4 Å². The molecule has 0 saturated carbocycles. The zero-order chi connectivity index (χ0) is 13.2. The summed E-state index contributed by atoms with van der Waals surface area (Å²) in [5.74, 6) is -1.36. The van der Waals surface area contributed by atoms with Gasteiger partial charge in [0, 0.05) is 6.61 Å². The number of carboxylic acids is 1. The van der Waals surface area contributed by atoms with E-state index in [0.29, 0.717) is 18.7 Å². The van der Waals surface area contributed by atoms with E-state index >= 15 is 0 Å². The third-order valence-electron chi connectivity index (χ3n) is 3.10. The van der Waals surface area contributed by atoms with Crippen LogP contribution < -0.4 is 5.32 Å². The lowest BCUT2D eigenvalue weighted by molar-refractivity contribution is -0.133. The van der Waals surface area contributed by atoms with Crippen LogP contribution >= 0.6 is 0 Å². The van der Waals surface area contributed by atoms with Gasteiger partial charge >= 0.3 is 5.97 Å². The van der Waals surface area contributed by atoms with Crippen LogP contribution in [0.25, 0.3) is 0 Å². The number of rotatable bonds is 3. The quantitative estimate of drug-likeness (QED) is 0.857. The van der Waals surface area contributed by atoms with E-state index in [1.807, 2.05) is 0 Å². The van der Waals surface area contributed by atoms with Crippen LogP contribution in [-0.2, 0) is 9.53 Å². The van der Waals surface area contributed by atoms with Crippen LogP contribution in [-0.4, -0.2) is 29.2 Å². The Kier molecular flexibility index (Phi) is 3.34. The molecule has 1 saturated heterocycles. The zero-order valence-corrected chi connectivity index (χ0v) is 10.1. The maximum atomic E-state index is 12.1. The molecule has 0 aliphatic carbocycles. The van der Waals surface area contributed by atoms with E-state index < -0.39 is 11.6 Å². The Morgan fingerprint density at radius 2 is 2.11 bits per heavy atom. The van der Waals surface area contributed by atoms with Gasteiger partial charge in [0.1, 0.15) is 5.60 Å². The normalized spacial score (nSPS) is 22.7. The molecule has 1 atom stereocenters. The molecule has 5 heteroatoms. The summed E-state index contributed by atoms with van der Waals surface area (Å²) in [4.78, 5) is 23.1. The van der Waals surface area contributed by atoms with Crippen molar-refractivity contribution in [3.05, 3.63) is 29.8 Å². The summed E-state index contributed by atoms with van der Waals surface area (Å²) < 4.78 is 5.42.